The summed E-state index contributed by atoms with van der Waals surface area (Å²) >= 11 is 5.99. The molecule has 1 saturated carbocycles. The van der Waals surface area contributed by atoms with Crippen molar-refractivity contribution in [2.45, 2.75) is 83.7 Å². The summed E-state index contributed by atoms with van der Waals surface area (Å²) in [5.74, 6) is 0.811. The highest BCUT2D eigenvalue weighted by Crippen LogP contribution is 2.46. The van der Waals surface area contributed by atoms with E-state index in [-0.39, 0.29) is 22.9 Å². The number of hydrogen-bond donors (Lipinski definition) is 2. The van der Waals surface area contributed by atoms with Crippen LogP contribution >= 0.6 is 11.6 Å². The molecule has 1 aromatic rings. The fraction of sp³-hybridized carbons (Fsp3) is 0.720. The predicted molar refractivity (Wildman–Crippen MR) is 126 cm³/mol. The van der Waals surface area contributed by atoms with Crippen LogP contribution in [0.15, 0.2) is 24.3 Å². The number of nitrogens with zero attached hydrogens (tertiary/aromatic N) is 1. The molecule has 3 rings (SSSR count). The second kappa shape index (κ2) is 10.0. The average molecular weight is 434 g/mol. The van der Waals surface area contributed by atoms with Gasteiger partial charge >= 0.3 is 0 Å². The number of nitrogens with one attached hydrogen (secondary N) is 1. The van der Waals surface area contributed by atoms with E-state index in [2.05, 4.69) is 43.1 Å². The number of rotatable bonds is 6. The van der Waals surface area contributed by atoms with Crippen molar-refractivity contribution in [1.82, 2.24) is 10.2 Å². The van der Waals surface area contributed by atoms with Gasteiger partial charge < -0.3 is 16.0 Å². The standard InChI is InChI=1S/C25H40ClN3O/c1-24(2,3)28-23(30)25(20-7-5-4-6-8-20)13-15-29(16-14-25)18-22(27)17-19-9-11-21(26)12-10-19/h9-12,20,22H,4-8,13-18,27H2,1-3H3,(H,28,30)/t22-/m0/s1. The number of benzene rings is 1. The molecule has 0 bridgehead atoms. The monoisotopic (exact) mass is 433 g/mol. The molecule has 1 aliphatic heterocycles. The summed E-state index contributed by atoms with van der Waals surface area (Å²) in [4.78, 5) is 15.9. The molecule has 1 amide bonds. The van der Waals surface area contributed by atoms with Gasteiger partial charge in [-0.15, -0.1) is 0 Å². The van der Waals surface area contributed by atoms with Gasteiger partial charge in [-0.25, -0.2) is 0 Å². The summed E-state index contributed by atoms with van der Waals surface area (Å²) < 4.78 is 0. The minimum Gasteiger partial charge on any atom is -0.351 e. The van der Waals surface area contributed by atoms with E-state index in [0.717, 1.165) is 43.9 Å². The van der Waals surface area contributed by atoms with E-state index in [1.807, 2.05) is 12.1 Å². The third kappa shape index (κ3) is 6.21. The van der Waals surface area contributed by atoms with Gasteiger partial charge in [-0.1, -0.05) is 43.0 Å². The molecule has 1 aliphatic carbocycles. The van der Waals surface area contributed by atoms with Gasteiger partial charge in [0.15, 0.2) is 0 Å². The Kier molecular flexibility index (Phi) is 7.86. The number of piperidine rings is 1. The van der Waals surface area contributed by atoms with Gasteiger partial charge in [0.1, 0.15) is 0 Å². The van der Waals surface area contributed by atoms with Crippen LogP contribution in [0.3, 0.4) is 0 Å². The van der Waals surface area contributed by atoms with Gasteiger partial charge in [0.25, 0.3) is 0 Å². The lowest BCUT2D eigenvalue weighted by Crippen LogP contribution is -2.57. The zero-order valence-corrected chi connectivity index (χ0v) is 19.8. The summed E-state index contributed by atoms with van der Waals surface area (Å²) in [6.45, 7) is 9.06. The van der Waals surface area contributed by atoms with Crippen LogP contribution < -0.4 is 11.1 Å². The summed E-state index contributed by atoms with van der Waals surface area (Å²) in [6.07, 6.45) is 9.02. The summed E-state index contributed by atoms with van der Waals surface area (Å²) in [5, 5.41) is 4.09. The number of carbonyl (C=O) groups excluding carboxylic acids is 1. The van der Waals surface area contributed by atoms with Gasteiger partial charge in [-0.05, 0) is 89.6 Å². The molecule has 3 N–H and O–H groups in total. The van der Waals surface area contributed by atoms with E-state index in [9.17, 15) is 4.79 Å². The third-order valence-corrected chi connectivity index (χ3v) is 7.23. The van der Waals surface area contributed by atoms with Crippen LogP contribution in [0.2, 0.25) is 5.02 Å². The van der Waals surface area contributed by atoms with Gasteiger partial charge in [-0.2, -0.15) is 0 Å². The van der Waals surface area contributed by atoms with Crippen molar-refractivity contribution in [3.8, 4) is 0 Å². The SMILES string of the molecule is CC(C)(C)NC(=O)C1(C2CCCCC2)CCN(C[C@@H](N)Cc2ccc(Cl)cc2)CC1. The minimum atomic E-state index is -0.204. The first kappa shape index (κ1) is 23.6. The first-order valence-electron chi connectivity index (χ1n) is 11.7. The molecular formula is C25H40ClN3O. The molecule has 1 saturated heterocycles. The Balaban J connectivity index is 1.60. The molecule has 0 spiro atoms. The van der Waals surface area contributed by atoms with Crippen molar-refractivity contribution in [1.29, 1.82) is 0 Å². The number of nitrogens with two attached hydrogens (primary N) is 1. The number of carbonyl (C=O) groups is 1. The quantitative estimate of drug-likeness (QED) is 0.678. The summed E-state index contributed by atoms with van der Waals surface area (Å²) in [7, 11) is 0. The van der Waals surface area contributed by atoms with Crippen molar-refractivity contribution in [2.24, 2.45) is 17.1 Å². The molecule has 0 aromatic heterocycles. The molecule has 5 heteroatoms. The fourth-order valence-electron chi connectivity index (χ4n) is 5.40. The number of halogens is 1. The molecule has 1 atom stereocenters. The molecule has 168 valence electrons. The Morgan fingerprint density at radius 2 is 1.77 bits per heavy atom. The fourth-order valence-corrected chi connectivity index (χ4v) is 5.52. The molecule has 2 fully saturated rings. The first-order chi connectivity index (χ1) is 14.2. The average Bonchev–Trinajstić information content (AvgIpc) is 2.70. The van der Waals surface area contributed by atoms with Gasteiger partial charge in [0, 0.05) is 23.1 Å². The van der Waals surface area contributed by atoms with Crippen molar-refractivity contribution in [3.63, 3.8) is 0 Å². The molecule has 2 aliphatic rings. The van der Waals surface area contributed by atoms with Crippen molar-refractivity contribution in [3.05, 3.63) is 34.9 Å². The third-order valence-electron chi connectivity index (χ3n) is 6.98. The van der Waals surface area contributed by atoms with Crippen molar-refractivity contribution in [2.75, 3.05) is 19.6 Å². The second-order valence-electron chi connectivity index (χ2n) is 10.6. The lowest BCUT2D eigenvalue weighted by atomic mass is 9.63. The smallest absolute Gasteiger partial charge is 0.226 e. The van der Waals surface area contributed by atoms with Gasteiger partial charge in [0.2, 0.25) is 5.91 Å². The van der Waals surface area contributed by atoms with Crippen LogP contribution in [0.25, 0.3) is 0 Å². The Bertz CT molecular complexity index is 683. The Morgan fingerprint density at radius 1 is 1.17 bits per heavy atom. The molecule has 1 aromatic carbocycles. The predicted octanol–water partition coefficient (Wildman–Crippen LogP) is 4.79. The van der Waals surface area contributed by atoms with Crippen LogP contribution in [0, 0.1) is 11.3 Å². The molecule has 30 heavy (non-hydrogen) atoms. The normalized spacial score (nSPS) is 21.9. The van der Waals surface area contributed by atoms with Crippen LogP contribution in [0.4, 0.5) is 0 Å². The molecule has 0 unspecified atom stereocenters. The minimum absolute atomic E-state index is 0.0942. The van der Waals surface area contributed by atoms with Crippen LogP contribution in [-0.4, -0.2) is 42.0 Å². The molecule has 0 radical (unpaired) electrons. The van der Waals surface area contributed by atoms with E-state index < -0.39 is 0 Å². The maximum atomic E-state index is 13.5. The lowest BCUT2D eigenvalue weighted by Gasteiger charge is -2.48. The van der Waals surface area contributed by atoms with E-state index in [1.165, 1.54) is 37.7 Å². The molecule has 4 nitrogen and oxygen atoms in total. The molecular weight excluding hydrogens is 394 g/mol. The van der Waals surface area contributed by atoms with Crippen LogP contribution in [-0.2, 0) is 11.2 Å². The highest BCUT2D eigenvalue weighted by atomic mass is 35.5. The van der Waals surface area contributed by atoms with Gasteiger partial charge in [0.05, 0.1) is 5.41 Å². The van der Waals surface area contributed by atoms with Gasteiger partial charge in [-0.3, -0.25) is 4.79 Å². The van der Waals surface area contributed by atoms with Crippen LogP contribution in [0.1, 0.15) is 71.3 Å². The number of likely N-dealkylation sites (tertiary alicyclic amines) is 1. The zero-order valence-electron chi connectivity index (χ0n) is 19.1. The summed E-state index contributed by atoms with van der Waals surface area (Å²) in [5.41, 5.74) is 7.31. The van der Waals surface area contributed by atoms with Crippen molar-refractivity contribution >= 4 is 17.5 Å². The van der Waals surface area contributed by atoms with E-state index in [1.54, 1.807) is 0 Å². The highest BCUT2D eigenvalue weighted by Gasteiger charge is 2.48. The van der Waals surface area contributed by atoms with Crippen LogP contribution in [0.5, 0.6) is 0 Å². The first-order valence-corrected chi connectivity index (χ1v) is 12.1. The van der Waals surface area contributed by atoms with Crippen molar-refractivity contribution < 1.29 is 4.79 Å². The Hall–Kier alpha value is -1.10. The number of hydrogen-bond acceptors (Lipinski definition) is 3. The lowest BCUT2D eigenvalue weighted by molar-refractivity contribution is -0.141. The summed E-state index contributed by atoms with van der Waals surface area (Å²) in [6, 6.07) is 8.07. The van der Waals surface area contributed by atoms with E-state index in [4.69, 9.17) is 17.3 Å². The largest absolute Gasteiger partial charge is 0.351 e. The van der Waals surface area contributed by atoms with E-state index in [0.29, 0.717) is 5.92 Å². The Morgan fingerprint density at radius 3 is 2.33 bits per heavy atom. The number of amides is 1. The topological polar surface area (TPSA) is 58.4 Å². The second-order valence-corrected chi connectivity index (χ2v) is 11.0. The highest BCUT2D eigenvalue weighted by molar-refractivity contribution is 6.30. The van der Waals surface area contributed by atoms with E-state index >= 15 is 0 Å². The zero-order chi connectivity index (χ0) is 21.8. The molecule has 1 heterocycles. The maximum Gasteiger partial charge on any atom is 0.226 e. The Labute approximate surface area is 187 Å². The maximum absolute atomic E-state index is 13.5.